The van der Waals surface area contributed by atoms with Crippen molar-refractivity contribution in [3.63, 3.8) is 0 Å². The largest absolute Gasteiger partial charge is 0.354 e. The second-order valence-corrected chi connectivity index (χ2v) is 5.75. The number of hydrogen-bond donors (Lipinski definition) is 3. The van der Waals surface area contributed by atoms with Gasteiger partial charge in [-0.2, -0.15) is 0 Å². The maximum Gasteiger partial charge on any atom is 0.237 e. The third-order valence-corrected chi connectivity index (χ3v) is 2.73. The molecule has 0 heterocycles. The van der Waals surface area contributed by atoms with Crippen LogP contribution in [-0.4, -0.2) is 29.9 Å². The molecule has 106 valence electrons. The highest BCUT2D eigenvalue weighted by Gasteiger charge is 2.19. The van der Waals surface area contributed by atoms with Gasteiger partial charge in [0.05, 0.1) is 6.04 Å². The Morgan fingerprint density at radius 1 is 1.28 bits per heavy atom. The Morgan fingerprint density at radius 3 is 2.28 bits per heavy atom. The summed E-state index contributed by atoms with van der Waals surface area (Å²) >= 11 is 0. The van der Waals surface area contributed by atoms with E-state index in [-0.39, 0.29) is 29.7 Å². The van der Waals surface area contributed by atoms with Gasteiger partial charge in [0.1, 0.15) is 0 Å². The third kappa shape index (κ3) is 7.27. The lowest BCUT2D eigenvalue weighted by Crippen LogP contribution is -2.46. The van der Waals surface area contributed by atoms with E-state index in [0.717, 1.165) is 6.42 Å². The van der Waals surface area contributed by atoms with Gasteiger partial charge in [0.25, 0.3) is 0 Å². The molecule has 0 bridgehead atoms. The van der Waals surface area contributed by atoms with E-state index in [0.29, 0.717) is 6.54 Å². The minimum atomic E-state index is -0.499. The molecule has 2 amide bonds. The quantitative estimate of drug-likeness (QED) is 0.657. The lowest BCUT2D eigenvalue weighted by atomic mass is 9.99. The monoisotopic (exact) mass is 257 g/mol. The van der Waals surface area contributed by atoms with Crippen LogP contribution >= 0.6 is 0 Å². The molecule has 0 radical (unpaired) electrons. The molecule has 0 fully saturated rings. The van der Waals surface area contributed by atoms with Gasteiger partial charge in [-0.05, 0) is 26.7 Å². The van der Waals surface area contributed by atoms with Gasteiger partial charge in [0, 0.05) is 18.5 Å². The first-order chi connectivity index (χ1) is 8.17. The van der Waals surface area contributed by atoms with Gasteiger partial charge in [-0.25, -0.2) is 0 Å². The Bertz CT molecular complexity index is 284. The van der Waals surface area contributed by atoms with Crippen LogP contribution in [0.15, 0.2) is 0 Å². The maximum atomic E-state index is 11.6. The van der Waals surface area contributed by atoms with Gasteiger partial charge in [-0.1, -0.05) is 20.3 Å². The van der Waals surface area contributed by atoms with Crippen LogP contribution in [0, 0.1) is 5.92 Å². The van der Waals surface area contributed by atoms with Gasteiger partial charge in [-0.3, -0.25) is 9.59 Å². The molecule has 4 N–H and O–H groups in total. The predicted molar refractivity (Wildman–Crippen MR) is 73.0 cm³/mol. The smallest absolute Gasteiger partial charge is 0.237 e. The molecule has 2 atom stereocenters. The number of nitrogens with two attached hydrogens (primary N) is 1. The Morgan fingerprint density at radius 2 is 1.83 bits per heavy atom. The first-order valence-electron chi connectivity index (χ1n) is 6.51. The fourth-order valence-electron chi connectivity index (χ4n) is 1.41. The lowest BCUT2D eigenvalue weighted by molar-refractivity contribution is -0.124. The summed E-state index contributed by atoms with van der Waals surface area (Å²) in [6, 6.07) is -0.499. The van der Waals surface area contributed by atoms with Gasteiger partial charge in [-0.15, -0.1) is 0 Å². The van der Waals surface area contributed by atoms with Gasteiger partial charge < -0.3 is 16.4 Å². The summed E-state index contributed by atoms with van der Waals surface area (Å²) in [5.41, 5.74) is 5.54. The number of nitrogens with one attached hydrogen (secondary N) is 2. The molecule has 0 aliphatic rings. The normalized spacial score (nSPS) is 14.8. The van der Waals surface area contributed by atoms with E-state index in [4.69, 9.17) is 5.73 Å². The van der Waals surface area contributed by atoms with E-state index in [9.17, 15) is 9.59 Å². The minimum Gasteiger partial charge on any atom is -0.354 e. The van der Waals surface area contributed by atoms with Crippen molar-refractivity contribution < 1.29 is 9.59 Å². The highest BCUT2D eigenvalue weighted by atomic mass is 16.2. The van der Waals surface area contributed by atoms with Crippen LogP contribution in [-0.2, 0) is 9.59 Å². The third-order valence-electron chi connectivity index (χ3n) is 2.73. The summed E-state index contributed by atoms with van der Waals surface area (Å²) in [5.74, 6) is -0.110. The summed E-state index contributed by atoms with van der Waals surface area (Å²) in [6.45, 7) is 10.0. The Hall–Kier alpha value is -1.10. The molecule has 18 heavy (non-hydrogen) atoms. The summed E-state index contributed by atoms with van der Waals surface area (Å²) in [6.07, 6.45) is 1.13. The van der Waals surface area contributed by atoms with Crippen molar-refractivity contribution in [1.82, 2.24) is 10.6 Å². The van der Waals surface area contributed by atoms with E-state index in [1.165, 1.54) is 0 Å². The van der Waals surface area contributed by atoms with Crippen molar-refractivity contribution in [3.8, 4) is 0 Å². The Labute approximate surface area is 110 Å². The van der Waals surface area contributed by atoms with Crippen molar-refractivity contribution in [3.05, 3.63) is 0 Å². The van der Waals surface area contributed by atoms with Gasteiger partial charge >= 0.3 is 0 Å². The van der Waals surface area contributed by atoms with Crippen molar-refractivity contribution in [2.24, 2.45) is 11.7 Å². The molecule has 0 aliphatic carbocycles. The number of carbonyl (C=O) groups is 2. The molecule has 0 aliphatic heterocycles. The van der Waals surface area contributed by atoms with Crippen LogP contribution in [0.25, 0.3) is 0 Å². The average molecular weight is 257 g/mol. The molecule has 0 spiro atoms. The topological polar surface area (TPSA) is 84.2 Å². The standard InChI is InChI=1S/C13H27N3O2/c1-6-9(2)11(14)12(18)15-8-7-10(17)16-13(3,4)5/h9,11H,6-8,14H2,1-5H3,(H,15,18)(H,16,17)/t9?,11-/m0/s1. The SMILES string of the molecule is CCC(C)[C@H](N)C(=O)NCCC(=O)NC(C)(C)C. The number of rotatable bonds is 6. The summed E-state index contributed by atoms with van der Waals surface area (Å²) in [7, 11) is 0. The van der Waals surface area contributed by atoms with Crippen LogP contribution in [0.2, 0.25) is 0 Å². The number of carbonyl (C=O) groups excluding carboxylic acids is 2. The van der Waals surface area contributed by atoms with Gasteiger partial charge in [0.15, 0.2) is 0 Å². The fourth-order valence-corrected chi connectivity index (χ4v) is 1.41. The maximum absolute atomic E-state index is 11.6. The minimum absolute atomic E-state index is 0.0695. The predicted octanol–water partition coefficient (Wildman–Crippen LogP) is 0.781. The van der Waals surface area contributed by atoms with Gasteiger partial charge in [0.2, 0.25) is 11.8 Å². The van der Waals surface area contributed by atoms with Crippen molar-refractivity contribution in [1.29, 1.82) is 0 Å². The second kappa shape index (κ2) is 7.36. The van der Waals surface area contributed by atoms with Crippen molar-refractivity contribution in [2.45, 2.75) is 59.0 Å². The fraction of sp³-hybridized carbons (Fsp3) is 0.846. The van der Waals surface area contributed by atoms with Crippen LogP contribution < -0.4 is 16.4 Å². The zero-order valence-electron chi connectivity index (χ0n) is 12.2. The molecule has 1 unspecified atom stereocenters. The summed E-state index contributed by atoms with van der Waals surface area (Å²) in [4.78, 5) is 23.1. The van der Waals surface area contributed by atoms with E-state index >= 15 is 0 Å². The molecule has 0 saturated carbocycles. The molecule has 0 aromatic rings. The van der Waals surface area contributed by atoms with Crippen LogP contribution in [0.4, 0.5) is 0 Å². The van der Waals surface area contributed by atoms with E-state index in [2.05, 4.69) is 10.6 Å². The first kappa shape index (κ1) is 16.9. The number of hydrogen-bond acceptors (Lipinski definition) is 3. The zero-order chi connectivity index (χ0) is 14.3. The van der Waals surface area contributed by atoms with E-state index in [1.807, 2.05) is 34.6 Å². The molecule has 0 aromatic carbocycles. The molecular formula is C13H27N3O2. The first-order valence-corrected chi connectivity index (χ1v) is 6.51. The summed E-state index contributed by atoms with van der Waals surface area (Å²) in [5, 5.41) is 5.52. The van der Waals surface area contributed by atoms with Crippen LogP contribution in [0.3, 0.4) is 0 Å². The van der Waals surface area contributed by atoms with Crippen molar-refractivity contribution >= 4 is 11.8 Å². The van der Waals surface area contributed by atoms with Crippen LogP contribution in [0.5, 0.6) is 0 Å². The molecular weight excluding hydrogens is 230 g/mol. The van der Waals surface area contributed by atoms with Crippen molar-refractivity contribution in [2.75, 3.05) is 6.54 Å². The zero-order valence-corrected chi connectivity index (χ0v) is 12.2. The second-order valence-electron chi connectivity index (χ2n) is 5.75. The molecule has 5 nitrogen and oxygen atoms in total. The van der Waals surface area contributed by atoms with E-state index in [1.54, 1.807) is 0 Å². The van der Waals surface area contributed by atoms with E-state index < -0.39 is 6.04 Å². The Balaban J connectivity index is 3.91. The molecule has 0 aromatic heterocycles. The van der Waals surface area contributed by atoms with Crippen LogP contribution in [0.1, 0.15) is 47.5 Å². The highest BCUT2D eigenvalue weighted by molar-refractivity contribution is 5.82. The average Bonchev–Trinajstić information content (AvgIpc) is 2.24. The Kier molecular flexibility index (Phi) is 6.91. The lowest BCUT2D eigenvalue weighted by Gasteiger charge is -2.21. The molecule has 0 rings (SSSR count). The highest BCUT2D eigenvalue weighted by Crippen LogP contribution is 2.05. The summed E-state index contributed by atoms with van der Waals surface area (Å²) < 4.78 is 0. The number of amides is 2. The molecule has 0 saturated heterocycles. The molecule has 5 heteroatoms.